The van der Waals surface area contributed by atoms with Crippen LogP contribution in [0.5, 0.6) is 0 Å². The second kappa shape index (κ2) is 5.95. The van der Waals surface area contributed by atoms with Gasteiger partial charge in [-0.25, -0.2) is 9.97 Å². The third-order valence-electron chi connectivity index (χ3n) is 4.74. The largest absolute Gasteiger partial charge is 0.443 e. The summed E-state index contributed by atoms with van der Waals surface area (Å²) in [6, 6.07) is 5.08. The van der Waals surface area contributed by atoms with Crippen molar-refractivity contribution < 1.29 is 9.21 Å². The first kappa shape index (κ1) is 16.1. The minimum atomic E-state index is -0.200. The molecule has 0 spiro atoms. The van der Waals surface area contributed by atoms with Crippen molar-refractivity contribution in [1.29, 1.82) is 0 Å². The molecule has 1 aliphatic heterocycles. The number of fused-ring (bicyclic) bond motifs is 2. The Morgan fingerprint density at radius 2 is 2.19 bits per heavy atom. The van der Waals surface area contributed by atoms with Gasteiger partial charge in [-0.15, -0.1) is 10.2 Å². The Bertz CT molecular complexity index is 1160. The molecule has 0 bridgehead atoms. The standard InChI is InChI=1S/C17H15N7O2S/c1-9-14-20-21-15(16-19-10(2)22-27-16)24(14)6-5-23(9)17(25)11-3-4-13-12(7-11)18-8-26-13/h3-4,7-9H,5-6H2,1-2H3/t9-/m1/s1. The zero-order valence-electron chi connectivity index (χ0n) is 14.7. The van der Waals surface area contributed by atoms with Crippen molar-refractivity contribution >= 4 is 28.5 Å². The predicted molar refractivity (Wildman–Crippen MR) is 97.1 cm³/mol. The zero-order valence-corrected chi connectivity index (χ0v) is 15.5. The van der Waals surface area contributed by atoms with Gasteiger partial charge in [0.2, 0.25) is 0 Å². The quantitative estimate of drug-likeness (QED) is 0.525. The summed E-state index contributed by atoms with van der Waals surface area (Å²) in [6.45, 7) is 4.98. The summed E-state index contributed by atoms with van der Waals surface area (Å²) in [7, 11) is 0. The van der Waals surface area contributed by atoms with E-state index in [0.717, 1.165) is 16.7 Å². The molecule has 27 heavy (non-hydrogen) atoms. The highest BCUT2D eigenvalue weighted by molar-refractivity contribution is 7.09. The minimum Gasteiger partial charge on any atom is -0.443 e. The Balaban J connectivity index is 1.46. The number of benzene rings is 1. The Kier molecular flexibility index (Phi) is 3.54. The molecule has 0 saturated carbocycles. The van der Waals surface area contributed by atoms with Crippen LogP contribution < -0.4 is 0 Å². The van der Waals surface area contributed by atoms with Crippen LogP contribution in [0.4, 0.5) is 0 Å². The average molecular weight is 381 g/mol. The van der Waals surface area contributed by atoms with Crippen LogP contribution in [-0.4, -0.2) is 46.5 Å². The highest BCUT2D eigenvalue weighted by atomic mass is 32.1. The van der Waals surface area contributed by atoms with Crippen LogP contribution in [0.25, 0.3) is 21.9 Å². The maximum Gasteiger partial charge on any atom is 0.254 e. The van der Waals surface area contributed by atoms with Crippen LogP contribution in [-0.2, 0) is 6.54 Å². The highest BCUT2D eigenvalue weighted by Gasteiger charge is 2.32. The Labute approximate surface area is 157 Å². The lowest BCUT2D eigenvalue weighted by Gasteiger charge is -2.33. The van der Waals surface area contributed by atoms with E-state index in [0.29, 0.717) is 35.6 Å². The number of amides is 1. The van der Waals surface area contributed by atoms with Crippen molar-refractivity contribution in [3.63, 3.8) is 0 Å². The predicted octanol–water partition coefficient (Wildman–Crippen LogP) is 2.46. The maximum absolute atomic E-state index is 13.1. The number of nitrogens with zero attached hydrogens (tertiary/aromatic N) is 7. The molecule has 0 radical (unpaired) electrons. The SMILES string of the molecule is Cc1nsc(-c2nnc3n2CCN(C(=O)c2ccc4ocnc4c2)[C@@H]3C)n1. The van der Waals surface area contributed by atoms with Crippen LogP contribution in [0.1, 0.15) is 35.0 Å². The van der Waals surface area contributed by atoms with E-state index in [4.69, 9.17) is 4.42 Å². The van der Waals surface area contributed by atoms with E-state index in [1.807, 2.05) is 18.4 Å². The summed E-state index contributed by atoms with van der Waals surface area (Å²) in [6.07, 6.45) is 1.38. The van der Waals surface area contributed by atoms with Gasteiger partial charge in [0, 0.05) is 18.7 Å². The third-order valence-corrected chi connectivity index (χ3v) is 5.54. The van der Waals surface area contributed by atoms with Gasteiger partial charge in [-0.05, 0) is 43.6 Å². The van der Waals surface area contributed by atoms with Gasteiger partial charge in [-0.1, -0.05) is 0 Å². The Hall–Kier alpha value is -3.14. The summed E-state index contributed by atoms with van der Waals surface area (Å²) in [5.74, 6) is 2.12. The maximum atomic E-state index is 13.1. The van der Waals surface area contributed by atoms with Crippen LogP contribution in [0.15, 0.2) is 29.0 Å². The molecule has 0 unspecified atom stereocenters. The second-order valence-corrected chi connectivity index (χ2v) is 7.14. The zero-order chi connectivity index (χ0) is 18.5. The van der Waals surface area contributed by atoms with Gasteiger partial charge in [0.25, 0.3) is 5.91 Å². The van der Waals surface area contributed by atoms with Gasteiger partial charge in [0.15, 0.2) is 28.6 Å². The fraction of sp³-hybridized carbons (Fsp3) is 0.294. The number of aromatic nitrogens is 6. The fourth-order valence-corrected chi connectivity index (χ4v) is 4.03. The van der Waals surface area contributed by atoms with Crippen molar-refractivity contribution in [2.45, 2.75) is 26.4 Å². The number of hydrogen-bond donors (Lipinski definition) is 0. The third kappa shape index (κ3) is 2.52. The summed E-state index contributed by atoms with van der Waals surface area (Å²) in [4.78, 5) is 23.4. The molecule has 0 fully saturated rings. The van der Waals surface area contributed by atoms with E-state index in [-0.39, 0.29) is 11.9 Å². The number of rotatable bonds is 2. The number of oxazole rings is 1. The van der Waals surface area contributed by atoms with Crippen molar-refractivity contribution in [2.75, 3.05) is 6.54 Å². The number of aryl methyl sites for hydroxylation is 1. The molecule has 9 nitrogen and oxygen atoms in total. The fourth-order valence-electron chi connectivity index (χ4n) is 3.37. The van der Waals surface area contributed by atoms with Gasteiger partial charge in [0.05, 0.1) is 6.04 Å². The molecule has 0 saturated heterocycles. The van der Waals surface area contributed by atoms with Gasteiger partial charge >= 0.3 is 0 Å². The first-order valence-corrected chi connectivity index (χ1v) is 9.27. The summed E-state index contributed by atoms with van der Waals surface area (Å²) < 4.78 is 11.5. The van der Waals surface area contributed by atoms with E-state index in [9.17, 15) is 4.79 Å². The molecule has 1 atom stereocenters. The van der Waals surface area contributed by atoms with Gasteiger partial charge in [0.1, 0.15) is 11.3 Å². The molecule has 1 aromatic carbocycles. The van der Waals surface area contributed by atoms with Crippen molar-refractivity contribution in [1.82, 2.24) is 34.0 Å². The molecule has 0 aliphatic carbocycles. The molecule has 4 aromatic rings. The van der Waals surface area contributed by atoms with Crippen LogP contribution in [0.3, 0.4) is 0 Å². The molecular formula is C17H15N7O2S. The van der Waals surface area contributed by atoms with E-state index in [1.165, 1.54) is 17.9 Å². The van der Waals surface area contributed by atoms with E-state index in [1.54, 1.807) is 23.1 Å². The van der Waals surface area contributed by atoms with Crippen molar-refractivity contribution in [2.24, 2.45) is 0 Å². The number of hydrogen-bond acceptors (Lipinski definition) is 8. The molecule has 1 amide bonds. The molecule has 3 aromatic heterocycles. The summed E-state index contributed by atoms with van der Waals surface area (Å²) >= 11 is 1.31. The first-order chi connectivity index (χ1) is 13.1. The van der Waals surface area contributed by atoms with Crippen LogP contribution in [0.2, 0.25) is 0 Å². The average Bonchev–Trinajstić information content (AvgIpc) is 3.39. The summed E-state index contributed by atoms with van der Waals surface area (Å²) in [5.41, 5.74) is 1.91. The van der Waals surface area contributed by atoms with E-state index in [2.05, 4.69) is 24.5 Å². The Morgan fingerprint density at radius 1 is 1.30 bits per heavy atom. The molecule has 1 aliphatic rings. The van der Waals surface area contributed by atoms with E-state index >= 15 is 0 Å². The van der Waals surface area contributed by atoms with Crippen LogP contribution in [0, 0.1) is 6.92 Å². The van der Waals surface area contributed by atoms with Gasteiger partial charge < -0.3 is 13.9 Å². The lowest BCUT2D eigenvalue weighted by molar-refractivity contribution is 0.0638. The molecule has 136 valence electrons. The van der Waals surface area contributed by atoms with Gasteiger partial charge in [-0.3, -0.25) is 4.79 Å². The molecule has 0 N–H and O–H groups in total. The normalized spacial score (nSPS) is 16.7. The number of carbonyl (C=O) groups is 1. The second-order valence-electron chi connectivity index (χ2n) is 6.39. The number of carbonyl (C=O) groups excluding carboxylic acids is 1. The smallest absolute Gasteiger partial charge is 0.254 e. The summed E-state index contributed by atoms with van der Waals surface area (Å²) in [5, 5.41) is 9.36. The molecular weight excluding hydrogens is 366 g/mol. The van der Waals surface area contributed by atoms with Crippen molar-refractivity contribution in [3.05, 3.63) is 41.8 Å². The molecule has 4 heterocycles. The minimum absolute atomic E-state index is 0.0602. The van der Waals surface area contributed by atoms with Crippen molar-refractivity contribution in [3.8, 4) is 10.8 Å². The molecule has 10 heteroatoms. The highest BCUT2D eigenvalue weighted by Crippen LogP contribution is 2.30. The lowest BCUT2D eigenvalue weighted by atomic mass is 10.1. The van der Waals surface area contributed by atoms with E-state index < -0.39 is 0 Å². The first-order valence-electron chi connectivity index (χ1n) is 8.50. The topological polar surface area (TPSA) is 103 Å². The monoisotopic (exact) mass is 381 g/mol. The van der Waals surface area contributed by atoms with Gasteiger partial charge in [-0.2, -0.15) is 4.37 Å². The molecule has 5 rings (SSSR count). The van der Waals surface area contributed by atoms with Crippen LogP contribution >= 0.6 is 11.5 Å². The lowest BCUT2D eigenvalue weighted by Crippen LogP contribution is -2.41. The Morgan fingerprint density at radius 3 is 3.00 bits per heavy atom.